The molecule has 1 aromatic heterocycles. The van der Waals surface area contributed by atoms with Gasteiger partial charge in [0.2, 0.25) is 0 Å². The molecule has 1 aliphatic rings. The smallest absolute Gasteiger partial charge is 0.354 e. The third-order valence-corrected chi connectivity index (χ3v) is 4.78. The molecule has 0 bridgehead atoms. The second kappa shape index (κ2) is 6.54. The molecule has 0 radical (unpaired) electrons. The fourth-order valence-electron chi connectivity index (χ4n) is 3.36. The van der Waals surface area contributed by atoms with Gasteiger partial charge in [-0.1, -0.05) is 30.7 Å². The molecule has 122 valence electrons. The Morgan fingerprint density at radius 3 is 2.43 bits per heavy atom. The van der Waals surface area contributed by atoms with E-state index in [9.17, 15) is 9.90 Å². The number of nitrogens with zero attached hydrogens (tertiary/aromatic N) is 3. The topological polar surface area (TPSA) is 58.4 Å². The second-order valence-corrected chi connectivity index (χ2v) is 6.23. The molecule has 1 N–H and O–H groups in total. The van der Waals surface area contributed by atoms with Crippen LogP contribution in [0, 0.1) is 0 Å². The third kappa shape index (κ3) is 3.15. The lowest BCUT2D eigenvalue weighted by atomic mass is 9.99. The Bertz CT molecular complexity index is 685. The van der Waals surface area contributed by atoms with Gasteiger partial charge in [-0.2, -0.15) is 5.10 Å². The van der Waals surface area contributed by atoms with E-state index < -0.39 is 5.97 Å². The number of carboxylic acids is 1. The van der Waals surface area contributed by atoms with Crippen molar-refractivity contribution in [1.29, 1.82) is 0 Å². The molecule has 0 saturated carbocycles. The van der Waals surface area contributed by atoms with Gasteiger partial charge in [0.15, 0.2) is 5.69 Å². The van der Waals surface area contributed by atoms with Crippen LogP contribution in [-0.2, 0) is 7.05 Å². The summed E-state index contributed by atoms with van der Waals surface area (Å²) in [6.07, 6.45) is 5.51. The van der Waals surface area contributed by atoms with Gasteiger partial charge in [0.25, 0.3) is 0 Å². The number of hydrogen-bond acceptors (Lipinski definition) is 3. The summed E-state index contributed by atoms with van der Waals surface area (Å²) in [6, 6.07) is 8.61. The van der Waals surface area contributed by atoms with Gasteiger partial charge in [-0.3, -0.25) is 9.58 Å². The van der Waals surface area contributed by atoms with Crippen LogP contribution in [0.15, 0.2) is 30.5 Å². The van der Waals surface area contributed by atoms with Crippen LogP contribution in [0.25, 0.3) is 11.1 Å². The maximum absolute atomic E-state index is 11.4. The zero-order chi connectivity index (χ0) is 16.4. The molecule has 1 unspecified atom stereocenters. The summed E-state index contributed by atoms with van der Waals surface area (Å²) in [5, 5.41) is 13.4. The number of benzene rings is 1. The average Bonchev–Trinajstić information content (AvgIpc) is 2.97. The van der Waals surface area contributed by atoms with Crippen LogP contribution in [0.3, 0.4) is 0 Å². The van der Waals surface area contributed by atoms with Gasteiger partial charge in [0, 0.05) is 18.7 Å². The number of carboxylic acid groups (broad SMARTS) is 1. The second-order valence-electron chi connectivity index (χ2n) is 6.23. The Labute approximate surface area is 136 Å². The van der Waals surface area contributed by atoms with Crippen molar-refractivity contribution >= 4 is 5.97 Å². The zero-order valence-electron chi connectivity index (χ0n) is 13.7. The highest BCUT2D eigenvalue weighted by atomic mass is 16.4. The number of aromatic nitrogens is 2. The van der Waals surface area contributed by atoms with E-state index in [1.807, 2.05) is 12.1 Å². The summed E-state index contributed by atoms with van der Waals surface area (Å²) in [4.78, 5) is 13.9. The number of likely N-dealkylation sites (tertiary alicyclic amines) is 1. The standard InChI is InChI=1S/C18H23N3O2/c1-13(21-10-4-3-5-11-21)14-6-8-15(9-7-14)16-12-19-20(2)17(16)18(22)23/h6-9,12-13H,3-5,10-11H2,1-2H3,(H,22,23). The van der Waals surface area contributed by atoms with Gasteiger partial charge in [0.1, 0.15) is 0 Å². The first-order valence-corrected chi connectivity index (χ1v) is 8.17. The Hall–Kier alpha value is -2.14. The van der Waals surface area contributed by atoms with Crippen molar-refractivity contribution < 1.29 is 9.90 Å². The van der Waals surface area contributed by atoms with Crippen LogP contribution in [0.1, 0.15) is 48.3 Å². The van der Waals surface area contributed by atoms with Crippen LogP contribution in [0.5, 0.6) is 0 Å². The molecular formula is C18H23N3O2. The third-order valence-electron chi connectivity index (χ3n) is 4.78. The van der Waals surface area contributed by atoms with Crippen molar-refractivity contribution in [3.63, 3.8) is 0 Å². The Morgan fingerprint density at radius 2 is 1.83 bits per heavy atom. The first kappa shape index (κ1) is 15.7. The molecule has 5 heteroatoms. The Morgan fingerprint density at radius 1 is 1.17 bits per heavy atom. The highest BCUT2D eigenvalue weighted by Crippen LogP contribution is 2.28. The van der Waals surface area contributed by atoms with E-state index in [1.165, 1.54) is 29.5 Å². The van der Waals surface area contributed by atoms with Crippen molar-refractivity contribution in [3.8, 4) is 11.1 Å². The highest BCUT2D eigenvalue weighted by Gasteiger charge is 2.20. The maximum atomic E-state index is 11.4. The molecule has 5 nitrogen and oxygen atoms in total. The summed E-state index contributed by atoms with van der Waals surface area (Å²) in [5.41, 5.74) is 3.06. The lowest BCUT2D eigenvalue weighted by molar-refractivity contribution is 0.0686. The van der Waals surface area contributed by atoms with Crippen molar-refractivity contribution in [3.05, 3.63) is 41.7 Å². The van der Waals surface area contributed by atoms with Gasteiger partial charge < -0.3 is 5.11 Å². The minimum absolute atomic E-state index is 0.224. The zero-order valence-corrected chi connectivity index (χ0v) is 13.7. The number of aryl methyl sites for hydroxylation is 1. The molecule has 2 heterocycles. The molecule has 1 aromatic carbocycles. The van der Waals surface area contributed by atoms with E-state index in [1.54, 1.807) is 13.2 Å². The van der Waals surface area contributed by atoms with Gasteiger partial charge in [-0.05, 0) is 44.0 Å². The highest BCUT2D eigenvalue weighted by molar-refractivity contribution is 5.94. The van der Waals surface area contributed by atoms with Crippen molar-refractivity contribution in [2.24, 2.45) is 7.05 Å². The quantitative estimate of drug-likeness (QED) is 0.940. The van der Waals surface area contributed by atoms with Gasteiger partial charge in [0.05, 0.1) is 6.20 Å². The van der Waals surface area contributed by atoms with E-state index in [-0.39, 0.29) is 5.69 Å². The summed E-state index contributed by atoms with van der Waals surface area (Å²) in [5.74, 6) is -0.953. The van der Waals surface area contributed by atoms with Crippen LogP contribution in [0.4, 0.5) is 0 Å². The predicted molar refractivity (Wildman–Crippen MR) is 89.4 cm³/mol. The number of aromatic carboxylic acids is 1. The van der Waals surface area contributed by atoms with E-state index in [0.29, 0.717) is 11.6 Å². The molecule has 1 fully saturated rings. The predicted octanol–water partition coefficient (Wildman–Crippen LogP) is 3.33. The molecule has 1 aliphatic heterocycles. The number of piperidine rings is 1. The van der Waals surface area contributed by atoms with E-state index in [2.05, 4.69) is 29.1 Å². The largest absolute Gasteiger partial charge is 0.477 e. The lowest BCUT2D eigenvalue weighted by Crippen LogP contribution is -2.32. The monoisotopic (exact) mass is 313 g/mol. The van der Waals surface area contributed by atoms with Crippen LogP contribution in [0.2, 0.25) is 0 Å². The molecule has 1 atom stereocenters. The van der Waals surface area contributed by atoms with Crippen LogP contribution < -0.4 is 0 Å². The van der Waals surface area contributed by atoms with Gasteiger partial charge >= 0.3 is 5.97 Å². The van der Waals surface area contributed by atoms with Crippen molar-refractivity contribution in [2.75, 3.05) is 13.1 Å². The molecule has 0 spiro atoms. The van der Waals surface area contributed by atoms with E-state index in [4.69, 9.17) is 0 Å². The number of hydrogen-bond donors (Lipinski definition) is 1. The summed E-state index contributed by atoms with van der Waals surface area (Å²) >= 11 is 0. The van der Waals surface area contributed by atoms with Crippen LogP contribution in [-0.4, -0.2) is 38.8 Å². The molecule has 2 aromatic rings. The first-order chi connectivity index (χ1) is 11.1. The molecule has 1 saturated heterocycles. The molecule has 3 rings (SSSR count). The molecule has 0 amide bonds. The van der Waals surface area contributed by atoms with Crippen molar-refractivity contribution in [1.82, 2.24) is 14.7 Å². The van der Waals surface area contributed by atoms with Gasteiger partial charge in [-0.15, -0.1) is 0 Å². The normalized spacial score (nSPS) is 17.1. The fourth-order valence-corrected chi connectivity index (χ4v) is 3.36. The Kier molecular flexibility index (Phi) is 4.48. The number of rotatable bonds is 4. The molecule has 0 aliphatic carbocycles. The first-order valence-electron chi connectivity index (χ1n) is 8.17. The minimum Gasteiger partial charge on any atom is -0.477 e. The fraction of sp³-hybridized carbons (Fsp3) is 0.444. The molecule has 23 heavy (non-hydrogen) atoms. The van der Waals surface area contributed by atoms with Crippen molar-refractivity contribution in [2.45, 2.75) is 32.2 Å². The summed E-state index contributed by atoms with van der Waals surface area (Å²) in [6.45, 7) is 4.57. The average molecular weight is 313 g/mol. The minimum atomic E-state index is -0.953. The van der Waals surface area contributed by atoms with E-state index in [0.717, 1.165) is 18.7 Å². The van der Waals surface area contributed by atoms with Gasteiger partial charge in [-0.25, -0.2) is 4.79 Å². The van der Waals surface area contributed by atoms with E-state index >= 15 is 0 Å². The summed E-state index contributed by atoms with van der Waals surface area (Å²) < 4.78 is 1.40. The van der Waals surface area contributed by atoms with Crippen LogP contribution >= 0.6 is 0 Å². The number of carbonyl (C=O) groups is 1. The molecular weight excluding hydrogens is 290 g/mol. The lowest BCUT2D eigenvalue weighted by Gasteiger charge is -2.32. The Balaban J connectivity index is 1.83. The SMILES string of the molecule is CC(c1ccc(-c2cnn(C)c2C(=O)O)cc1)N1CCCCC1. The maximum Gasteiger partial charge on any atom is 0.354 e. The summed E-state index contributed by atoms with van der Waals surface area (Å²) in [7, 11) is 1.65.